The third-order valence-electron chi connectivity index (χ3n) is 6.16. The van der Waals surface area contributed by atoms with Crippen molar-refractivity contribution >= 4 is 29.9 Å². The molecule has 4 rings (SSSR count). The minimum absolute atomic E-state index is 0. The standard InChI is InChI=1S/C21H32N4O2.HI/c1-14-3-5-16(6-4-14)27-20-11-15(9-10-23-20)13-24-21(22-2)25-18-12-17-7-8-19(18)26-17;/h9-11,14,16-19H,3-8,12-13H2,1-2H3,(H2,22,24,25);1H. The van der Waals surface area contributed by atoms with E-state index in [0.717, 1.165) is 49.0 Å². The van der Waals surface area contributed by atoms with Crippen LogP contribution in [0.25, 0.3) is 0 Å². The normalized spacial score (nSPS) is 31.9. The fraction of sp³-hybridized carbons (Fsp3) is 0.714. The maximum absolute atomic E-state index is 6.12. The topological polar surface area (TPSA) is 67.8 Å². The van der Waals surface area contributed by atoms with Gasteiger partial charge in [0, 0.05) is 25.9 Å². The second-order valence-electron chi connectivity index (χ2n) is 8.29. The number of fused-ring (bicyclic) bond motifs is 2. The summed E-state index contributed by atoms with van der Waals surface area (Å²) in [6, 6.07) is 4.44. The molecule has 6 nitrogen and oxygen atoms in total. The third-order valence-corrected chi connectivity index (χ3v) is 6.16. The van der Waals surface area contributed by atoms with E-state index in [0.29, 0.717) is 30.9 Å². The van der Waals surface area contributed by atoms with Gasteiger partial charge >= 0.3 is 0 Å². The molecular formula is C21H33IN4O2. The van der Waals surface area contributed by atoms with Gasteiger partial charge in [-0.25, -0.2) is 4.98 Å². The summed E-state index contributed by atoms with van der Waals surface area (Å²) in [5.74, 6) is 2.39. The maximum atomic E-state index is 6.12. The van der Waals surface area contributed by atoms with Crippen LogP contribution in [0, 0.1) is 5.92 Å². The lowest BCUT2D eigenvalue weighted by atomic mass is 9.89. The molecule has 2 N–H and O–H groups in total. The number of aliphatic imine (C=N–C) groups is 1. The number of nitrogens with zero attached hydrogens (tertiary/aromatic N) is 2. The zero-order valence-electron chi connectivity index (χ0n) is 16.9. The van der Waals surface area contributed by atoms with Gasteiger partial charge < -0.3 is 20.1 Å². The molecule has 0 aromatic carbocycles. The molecule has 0 amide bonds. The van der Waals surface area contributed by atoms with Crippen LogP contribution in [0.3, 0.4) is 0 Å². The average Bonchev–Trinajstić information content (AvgIpc) is 3.30. The molecule has 3 heterocycles. The molecule has 1 saturated carbocycles. The van der Waals surface area contributed by atoms with E-state index >= 15 is 0 Å². The van der Waals surface area contributed by atoms with Crippen molar-refractivity contribution in [2.75, 3.05) is 7.05 Å². The fourth-order valence-corrected chi connectivity index (χ4v) is 4.49. The Morgan fingerprint density at radius 3 is 2.75 bits per heavy atom. The monoisotopic (exact) mass is 500 g/mol. The number of rotatable bonds is 5. The van der Waals surface area contributed by atoms with Crippen LogP contribution in [0.4, 0.5) is 0 Å². The Kier molecular flexibility index (Phi) is 7.79. The number of pyridine rings is 1. The van der Waals surface area contributed by atoms with E-state index in [9.17, 15) is 0 Å². The van der Waals surface area contributed by atoms with E-state index in [1.54, 1.807) is 0 Å². The van der Waals surface area contributed by atoms with Crippen LogP contribution in [0.1, 0.15) is 57.4 Å². The predicted octanol–water partition coefficient (Wildman–Crippen LogP) is 3.64. The lowest BCUT2D eigenvalue weighted by molar-refractivity contribution is 0.0992. The van der Waals surface area contributed by atoms with Crippen molar-refractivity contribution in [1.29, 1.82) is 0 Å². The molecule has 2 aliphatic heterocycles. The summed E-state index contributed by atoms with van der Waals surface area (Å²) in [6.07, 6.45) is 11.1. The smallest absolute Gasteiger partial charge is 0.213 e. The lowest BCUT2D eigenvalue weighted by Crippen LogP contribution is -2.47. The van der Waals surface area contributed by atoms with Gasteiger partial charge in [-0.1, -0.05) is 6.92 Å². The molecule has 1 aromatic rings. The van der Waals surface area contributed by atoms with Crippen molar-refractivity contribution in [3.8, 4) is 5.88 Å². The third kappa shape index (κ3) is 5.49. The van der Waals surface area contributed by atoms with E-state index in [1.807, 2.05) is 25.4 Å². The molecule has 0 spiro atoms. The number of nitrogens with one attached hydrogen (secondary N) is 2. The highest BCUT2D eigenvalue weighted by Crippen LogP contribution is 2.34. The fourth-order valence-electron chi connectivity index (χ4n) is 4.49. The van der Waals surface area contributed by atoms with Crippen molar-refractivity contribution in [1.82, 2.24) is 15.6 Å². The van der Waals surface area contributed by atoms with E-state index in [1.165, 1.54) is 19.3 Å². The van der Waals surface area contributed by atoms with Crippen LogP contribution < -0.4 is 15.4 Å². The summed E-state index contributed by atoms with van der Waals surface area (Å²) >= 11 is 0. The van der Waals surface area contributed by atoms with Gasteiger partial charge in [0.15, 0.2) is 5.96 Å². The summed E-state index contributed by atoms with van der Waals surface area (Å²) in [4.78, 5) is 8.76. The molecular weight excluding hydrogens is 467 g/mol. The molecule has 1 aromatic heterocycles. The van der Waals surface area contributed by atoms with Gasteiger partial charge in [0.05, 0.1) is 18.2 Å². The van der Waals surface area contributed by atoms with Gasteiger partial charge in [-0.15, -0.1) is 24.0 Å². The van der Waals surface area contributed by atoms with Crippen molar-refractivity contribution in [2.24, 2.45) is 10.9 Å². The van der Waals surface area contributed by atoms with Crippen LogP contribution in [-0.2, 0) is 11.3 Å². The molecule has 3 fully saturated rings. The van der Waals surface area contributed by atoms with Crippen molar-refractivity contribution in [3.63, 3.8) is 0 Å². The highest BCUT2D eigenvalue weighted by Gasteiger charge is 2.41. The number of hydrogen-bond acceptors (Lipinski definition) is 4. The number of hydrogen-bond donors (Lipinski definition) is 2. The summed E-state index contributed by atoms with van der Waals surface area (Å²) in [6.45, 7) is 3.02. The zero-order valence-corrected chi connectivity index (χ0v) is 19.2. The first kappa shape index (κ1) is 21.6. The predicted molar refractivity (Wildman–Crippen MR) is 121 cm³/mol. The zero-order chi connectivity index (χ0) is 18.6. The molecule has 156 valence electrons. The minimum Gasteiger partial charge on any atom is -0.474 e. The second kappa shape index (κ2) is 10.1. The quantitative estimate of drug-likeness (QED) is 0.367. The van der Waals surface area contributed by atoms with Crippen molar-refractivity contribution < 1.29 is 9.47 Å². The summed E-state index contributed by atoms with van der Waals surface area (Å²) in [5, 5.41) is 6.93. The maximum Gasteiger partial charge on any atom is 0.213 e. The van der Waals surface area contributed by atoms with Gasteiger partial charge in [0.25, 0.3) is 0 Å². The summed E-state index contributed by atoms with van der Waals surface area (Å²) < 4.78 is 12.0. The number of halogens is 1. The highest BCUT2D eigenvalue weighted by molar-refractivity contribution is 14.0. The lowest BCUT2D eigenvalue weighted by Gasteiger charge is -2.26. The summed E-state index contributed by atoms with van der Waals surface area (Å²) in [5.41, 5.74) is 1.15. The van der Waals surface area contributed by atoms with Gasteiger partial charge in [0.2, 0.25) is 5.88 Å². The van der Waals surface area contributed by atoms with E-state index in [4.69, 9.17) is 9.47 Å². The van der Waals surface area contributed by atoms with Gasteiger partial charge in [-0.2, -0.15) is 0 Å². The molecule has 7 heteroatoms. The van der Waals surface area contributed by atoms with Gasteiger partial charge in [-0.3, -0.25) is 4.99 Å². The van der Waals surface area contributed by atoms with Crippen LogP contribution in [0.5, 0.6) is 5.88 Å². The van der Waals surface area contributed by atoms with Gasteiger partial charge in [0.1, 0.15) is 6.10 Å². The van der Waals surface area contributed by atoms with Crippen LogP contribution >= 0.6 is 24.0 Å². The molecule has 1 aliphatic carbocycles. The Morgan fingerprint density at radius 2 is 2.07 bits per heavy atom. The van der Waals surface area contributed by atoms with Crippen LogP contribution in [0.2, 0.25) is 0 Å². The van der Waals surface area contributed by atoms with E-state index < -0.39 is 0 Å². The van der Waals surface area contributed by atoms with Crippen LogP contribution in [0.15, 0.2) is 23.3 Å². The van der Waals surface area contributed by atoms with Crippen molar-refractivity contribution in [2.45, 2.75) is 82.8 Å². The minimum atomic E-state index is 0. The van der Waals surface area contributed by atoms with Crippen LogP contribution in [-0.4, -0.2) is 42.3 Å². The average molecular weight is 500 g/mol. The Labute approximate surface area is 185 Å². The first-order chi connectivity index (χ1) is 13.2. The Bertz CT molecular complexity index is 664. The second-order valence-corrected chi connectivity index (χ2v) is 8.29. The molecule has 3 unspecified atom stereocenters. The summed E-state index contributed by atoms with van der Waals surface area (Å²) in [7, 11) is 1.81. The highest BCUT2D eigenvalue weighted by atomic mass is 127. The molecule has 3 aliphatic rings. The Morgan fingerprint density at radius 1 is 1.25 bits per heavy atom. The number of guanidine groups is 1. The molecule has 2 bridgehead atoms. The van der Waals surface area contributed by atoms with Crippen molar-refractivity contribution in [3.05, 3.63) is 23.9 Å². The van der Waals surface area contributed by atoms with Gasteiger partial charge in [-0.05, 0) is 62.5 Å². The molecule has 0 radical (unpaired) electrons. The van der Waals surface area contributed by atoms with E-state index in [-0.39, 0.29) is 24.0 Å². The molecule has 2 saturated heterocycles. The largest absolute Gasteiger partial charge is 0.474 e. The SMILES string of the molecule is CN=C(NCc1ccnc(OC2CCC(C)CC2)c1)NC1CC2CCC1O2.I. The first-order valence-corrected chi connectivity index (χ1v) is 10.4. The molecule has 3 atom stereocenters. The molecule has 28 heavy (non-hydrogen) atoms. The van der Waals surface area contributed by atoms with E-state index in [2.05, 4.69) is 27.5 Å². The Hall–Kier alpha value is -1.09. The number of ether oxygens (including phenoxy) is 2. The number of aromatic nitrogens is 1. The first-order valence-electron chi connectivity index (χ1n) is 10.4. The Balaban J connectivity index is 0.00000225.